The fourth-order valence-electron chi connectivity index (χ4n) is 3.06. The first-order valence-electron chi connectivity index (χ1n) is 8.91. The highest BCUT2D eigenvalue weighted by molar-refractivity contribution is 6.33. The summed E-state index contributed by atoms with van der Waals surface area (Å²) in [6.45, 7) is 4.69. The molecule has 0 aliphatic carbocycles. The molecule has 3 rings (SSSR count). The molecule has 1 aliphatic rings. The van der Waals surface area contributed by atoms with Gasteiger partial charge in [0.2, 0.25) is 0 Å². The zero-order chi connectivity index (χ0) is 19.2. The normalized spacial score (nSPS) is 14.0. The van der Waals surface area contributed by atoms with E-state index >= 15 is 0 Å². The number of carbonyl (C=O) groups excluding carboxylic acids is 2. The quantitative estimate of drug-likeness (QED) is 0.865. The van der Waals surface area contributed by atoms with E-state index in [2.05, 4.69) is 10.2 Å². The lowest BCUT2D eigenvalue weighted by molar-refractivity contribution is 0.0746. The number of anilines is 2. The molecule has 1 N–H and O–H groups in total. The molecule has 27 heavy (non-hydrogen) atoms. The van der Waals surface area contributed by atoms with Gasteiger partial charge in [0.25, 0.3) is 5.91 Å². The fourth-order valence-corrected chi connectivity index (χ4v) is 3.31. The number of hydrogen-bond acceptors (Lipinski definition) is 4. The van der Waals surface area contributed by atoms with Crippen LogP contribution in [0.1, 0.15) is 17.3 Å². The number of hydrogen-bond donors (Lipinski definition) is 1. The minimum Gasteiger partial charge on any atom is -0.450 e. The number of amides is 2. The van der Waals surface area contributed by atoms with E-state index in [1.54, 1.807) is 31.2 Å². The molecule has 2 aromatic carbocycles. The summed E-state index contributed by atoms with van der Waals surface area (Å²) in [5.41, 5.74) is 2.07. The number of halogens is 1. The maximum Gasteiger partial charge on any atom is 0.411 e. The van der Waals surface area contributed by atoms with Crippen LogP contribution in [0.3, 0.4) is 0 Å². The van der Waals surface area contributed by atoms with Gasteiger partial charge in [0.1, 0.15) is 0 Å². The number of ether oxygens (including phenoxy) is 1. The summed E-state index contributed by atoms with van der Waals surface area (Å²) in [6.07, 6.45) is -0.532. The molecule has 1 aliphatic heterocycles. The topological polar surface area (TPSA) is 61.9 Å². The van der Waals surface area contributed by atoms with E-state index in [0.717, 1.165) is 23.8 Å². The van der Waals surface area contributed by atoms with Crippen molar-refractivity contribution < 1.29 is 14.3 Å². The molecule has 0 aromatic heterocycles. The fraction of sp³-hybridized carbons (Fsp3) is 0.300. The highest BCUT2D eigenvalue weighted by Crippen LogP contribution is 2.26. The van der Waals surface area contributed by atoms with Crippen LogP contribution in [-0.2, 0) is 4.74 Å². The van der Waals surface area contributed by atoms with E-state index < -0.39 is 6.09 Å². The standard InChI is InChI=1S/C20H22ClN3O3/c1-2-27-20(26)22-16-7-5-6-15(14-16)19(25)24-12-10-23(11-13-24)18-9-4-3-8-17(18)21/h3-9,14H,2,10-13H2,1H3,(H,22,26). The number of nitrogens with one attached hydrogen (secondary N) is 1. The van der Waals surface area contributed by atoms with Crippen LogP contribution in [0.4, 0.5) is 16.2 Å². The van der Waals surface area contributed by atoms with Gasteiger partial charge in [0, 0.05) is 37.4 Å². The predicted octanol–water partition coefficient (Wildman–Crippen LogP) is 3.87. The molecule has 0 atom stereocenters. The van der Waals surface area contributed by atoms with Gasteiger partial charge in [-0.3, -0.25) is 10.1 Å². The van der Waals surface area contributed by atoms with Crippen molar-refractivity contribution in [3.8, 4) is 0 Å². The predicted molar refractivity (Wildman–Crippen MR) is 107 cm³/mol. The third kappa shape index (κ3) is 4.71. The Morgan fingerprint density at radius 1 is 1.07 bits per heavy atom. The van der Waals surface area contributed by atoms with Crippen molar-refractivity contribution in [2.24, 2.45) is 0 Å². The maximum absolute atomic E-state index is 12.8. The van der Waals surface area contributed by atoms with Crippen LogP contribution >= 0.6 is 11.6 Å². The van der Waals surface area contributed by atoms with Crippen molar-refractivity contribution in [3.05, 3.63) is 59.1 Å². The second-order valence-corrected chi connectivity index (χ2v) is 6.56. The van der Waals surface area contributed by atoms with Crippen molar-refractivity contribution in [2.75, 3.05) is 43.0 Å². The van der Waals surface area contributed by atoms with Gasteiger partial charge < -0.3 is 14.5 Å². The number of carbonyl (C=O) groups is 2. The van der Waals surface area contributed by atoms with Gasteiger partial charge in [-0.1, -0.05) is 29.8 Å². The first kappa shape index (κ1) is 19.0. The van der Waals surface area contributed by atoms with Gasteiger partial charge in [-0.05, 0) is 37.3 Å². The highest BCUT2D eigenvalue weighted by atomic mass is 35.5. The number of para-hydroxylation sites is 1. The van der Waals surface area contributed by atoms with Gasteiger partial charge in [-0.15, -0.1) is 0 Å². The molecule has 0 bridgehead atoms. The van der Waals surface area contributed by atoms with Crippen molar-refractivity contribution in [1.82, 2.24) is 4.90 Å². The number of rotatable bonds is 4. The summed E-state index contributed by atoms with van der Waals surface area (Å²) < 4.78 is 4.86. The lowest BCUT2D eigenvalue weighted by atomic mass is 10.1. The molecule has 1 fully saturated rings. The largest absolute Gasteiger partial charge is 0.450 e. The first-order chi connectivity index (χ1) is 13.1. The number of piperazine rings is 1. The summed E-state index contributed by atoms with van der Waals surface area (Å²) >= 11 is 6.27. The monoisotopic (exact) mass is 387 g/mol. The van der Waals surface area contributed by atoms with Crippen LogP contribution in [0.15, 0.2) is 48.5 Å². The van der Waals surface area contributed by atoms with Crippen molar-refractivity contribution >= 4 is 35.0 Å². The van der Waals surface area contributed by atoms with Crippen LogP contribution < -0.4 is 10.2 Å². The Morgan fingerprint density at radius 2 is 1.81 bits per heavy atom. The molecule has 0 spiro atoms. The van der Waals surface area contributed by atoms with Crippen LogP contribution in [0.2, 0.25) is 5.02 Å². The zero-order valence-electron chi connectivity index (χ0n) is 15.2. The van der Waals surface area contributed by atoms with E-state index in [-0.39, 0.29) is 5.91 Å². The molecule has 2 amide bonds. The van der Waals surface area contributed by atoms with Gasteiger partial charge in [0.05, 0.1) is 17.3 Å². The SMILES string of the molecule is CCOC(=O)Nc1cccc(C(=O)N2CCN(c3ccccc3Cl)CC2)c1. The Hall–Kier alpha value is -2.73. The lowest BCUT2D eigenvalue weighted by Gasteiger charge is -2.36. The van der Waals surface area contributed by atoms with E-state index in [9.17, 15) is 9.59 Å². The van der Waals surface area contributed by atoms with Crippen molar-refractivity contribution in [3.63, 3.8) is 0 Å². The first-order valence-corrected chi connectivity index (χ1v) is 9.29. The smallest absolute Gasteiger partial charge is 0.411 e. The highest BCUT2D eigenvalue weighted by Gasteiger charge is 2.23. The third-order valence-corrected chi connectivity index (χ3v) is 4.71. The molecule has 1 saturated heterocycles. The van der Waals surface area contributed by atoms with Crippen LogP contribution in [0.5, 0.6) is 0 Å². The van der Waals surface area contributed by atoms with Gasteiger partial charge in [0.15, 0.2) is 0 Å². The minimum absolute atomic E-state index is 0.0543. The maximum atomic E-state index is 12.8. The van der Waals surface area contributed by atoms with Crippen LogP contribution in [0, 0.1) is 0 Å². The molecule has 2 aromatic rings. The van der Waals surface area contributed by atoms with Gasteiger partial charge in [-0.25, -0.2) is 4.79 Å². The molecular formula is C20H22ClN3O3. The lowest BCUT2D eigenvalue weighted by Crippen LogP contribution is -2.48. The summed E-state index contributed by atoms with van der Waals surface area (Å²) in [5, 5.41) is 3.34. The van der Waals surface area contributed by atoms with E-state index in [0.29, 0.717) is 30.9 Å². The third-order valence-electron chi connectivity index (χ3n) is 4.39. The van der Waals surface area contributed by atoms with Crippen LogP contribution in [-0.4, -0.2) is 49.7 Å². The zero-order valence-corrected chi connectivity index (χ0v) is 15.9. The molecule has 7 heteroatoms. The Balaban J connectivity index is 1.62. The van der Waals surface area contributed by atoms with Crippen molar-refractivity contribution in [2.45, 2.75) is 6.92 Å². The second kappa shape index (κ2) is 8.77. The molecule has 0 radical (unpaired) electrons. The second-order valence-electron chi connectivity index (χ2n) is 6.16. The minimum atomic E-state index is -0.532. The summed E-state index contributed by atoms with van der Waals surface area (Å²) in [7, 11) is 0. The van der Waals surface area contributed by atoms with E-state index in [1.807, 2.05) is 29.2 Å². The van der Waals surface area contributed by atoms with E-state index in [1.165, 1.54) is 0 Å². The molecule has 0 unspecified atom stereocenters. The summed E-state index contributed by atoms with van der Waals surface area (Å²) in [6, 6.07) is 14.6. The molecule has 6 nitrogen and oxygen atoms in total. The Morgan fingerprint density at radius 3 is 2.52 bits per heavy atom. The Labute approximate surface area is 163 Å². The van der Waals surface area contributed by atoms with E-state index in [4.69, 9.17) is 16.3 Å². The van der Waals surface area contributed by atoms with Gasteiger partial charge >= 0.3 is 6.09 Å². The van der Waals surface area contributed by atoms with Crippen LogP contribution in [0.25, 0.3) is 0 Å². The Bertz CT molecular complexity index is 820. The summed E-state index contributed by atoms with van der Waals surface area (Å²) in [4.78, 5) is 28.4. The molecule has 142 valence electrons. The molecule has 0 saturated carbocycles. The van der Waals surface area contributed by atoms with Crippen molar-refractivity contribution in [1.29, 1.82) is 0 Å². The number of benzene rings is 2. The number of nitrogens with zero attached hydrogens (tertiary/aromatic N) is 2. The molecular weight excluding hydrogens is 366 g/mol. The summed E-state index contributed by atoms with van der Waals surface area (Å²) in [5.74, 6) is -0.0543. The molecule has 1 heterocycles. The van der Waals surface area contributed by atoms with Gasteiger partial charge in [-0.2, -0.15) is 0 Å². The average molecular weight is 388 g/mol. The average Bonchev–Trinajstić information content (AvgIpc) is 2.68. The Kier molecular flexibility index (Phi) is 6.19.